The van der Waals surface area contributed by atoms with Crippen LogP contribution < -0.4 is 10.4 Å². The topological polar surface area (TPSA) is 162 Å². The van der Waals surface area contributed by atoms with E-state index in [1.165, 1.54) is 23.8 Å². The third kappa shape index (κ3) is 10.0. The molecule has 0 radical (unpaired) electrons. The van der Waals surface area contributed by atoms with Gasteiger partial charge in [-0.1, -0.05) is 127 Å². The molecule has 0 spiro atoms. The van der Waals surface area contributed by atoms with E-state index in [1.54, 1.807) is 12.1 Å². The van der Waals surface area contributed by atoms with Crippen LogP contribution in [-0.2, 0) is 49.7 Å². The molecule has 0 amide bonds. The number of hydrogen-bond donors (Lipinski definition) is 3. The first-order valence-electron chi connectivity index (χ1n) is 28.2. The third-order valence-electron chi connectivity index (χ3n) is 18.3. The summed E-state index contributed by atoms with van der Waals surface area (Å²) in [6.07, 6.45) is 6.75. The average molecular weight is 1060 g/mol. The maximum atomic E-state index is 15.7. The summed E-state index contributed by atoms with van der Waals surface area (Å²) in [5.41, 5.74) is 7.36. The summed E-state index contributed by atoms with van der Waals surface area (Å²) in [6.45, 7) is 0.851. The van der Waals surface area contributed by atoms with Crippen molar-refractivity contribution in [2.75, 3.05) is 26.9 Å². The first-order chi connectivity index (χ1) is 38.5. The second-order valence-electron chi connectivity index (χ2n) is 22.9. The van der Waals surface area contributed by atoms with Crippen LogP contribution in [0, 0.1) is 11.8 Å². The molecule has 4 aliphatic heterocycles. The lowest BCUT2D eigenvalue weighted by Gasteiger charge is -2.48. The fourth-order valence-electron chi connectivity index (χ4n) is 14.1. The molecule has 9 unspecified atom stereocenters. The van der Waals surface area contributed by atoms with Crippen molar-refractivity contribution < 1.29 is 48.3 Å². The van der Waals surface area contributed by atoms with E-state index in [4.69, 9.17) is 23.4 Å². The minimum Gasteiger partial charge on any atom is -0.483 e. The van der Waals surface area contributed by atoms with Gasteiger partial charge in [-0.3, -0.25) is 4.79 Å². The molecule has 1 fully saturated rings. The number of methoxy groups -OCH3 is 1. The quantitative estimate of drug-likeness (QED) is 0.0679. The van der Waals surface area contributed by atoms with Gasteiger partial charge in [-0.25, -0.2) is 9.59 Å². The van der Waals surface area contributed by atoms with Crippen molar-refractivity contribution in [1.82, 2.24) is 0 Å². The molecule has 5 heterocycles. The summed E-state index contributed by atoms with van der Waals surface area (Å²) in [4.78, 5) is 45.8. The van der Waals surface area contributed by atoms with Crippen LogP contribution in [0.5, 0.6) is 5.75 Å². The van der Waals surface area contributed by atoms with Gasteiger partial charge in [0.1, 0.15) is 16.9 Å². The highest BCUT2D eigenvalue weighted by atomic mass is 16.6. The van der Waals surface area contributed by atoms with Crippen molar-refractivity contribution in [3.05, 3.63) is 217 Å². The van der Waals surface area contributed by atoms with Gasteiger partial charge < -0.3 is 38.7 Å². The van der Waals surface area contributed by atoms with Crippen LogP contribution in [0.2, 0.25) is 0 Å². The second kappa shape index (κ2) is 22.2. The summed E-state index contributed by atoms with van der Waals surface area (Å²) < 4.78 is 33.3. The van der Waals surface area contributed by atoms with Crippen molar-refractivity contribution >= 4 is 33.7 Å². The molecule has 6 aromatic carbocycles. The van der Waals surface area contributed by atoms with E-state index in [2.05, 4.69) is 115 Å². The SMILES string of the molecule is COCC(CCO)c1c(CO)c2ccc3c(c2oc1=O)C1OC(=O)CC2CC(c4cccc(Cc5ccccc5)c4)C=CC2c2ccc(cc2)CCC2=C(CO)Cc4cccc5ccc(cc45)C4CCC(C4)C(C)(O3)C1OC2=O. The van der Waals surface area contributed by atoms with E-state index >= 15 is 9.59 Å². The Labute approximate surface area is 460 Å². The number of allylic oxidation sites excluding steroid dienone is 2. The first-order valence-corrected chi connectivity index (χ1v) is 28.2. The van der Waals surface area contributed by atoms with Crippen molar-refractivity contribution in [3.8, 4) is 5.75 Å². The molecule has 406 valence electrons. The molecule has 0 saturated heterocycles. The average Bonchev–Trinajstić information content (AvgIpc) is 4.18. The van der Waals surface area contributed by atoms with Crippen molar-refractivity contribution in [1.29, 1.82) is 0 Å². The van der Waals surface area contributed by atoms with E-state index in [0.717, 1.165) is 45.9 Å². The van der Waals surface area contributed by atoms with Gasteiger partial charge in [-0.15, -0.1) is 0 Å². The summed E-state index contributed by atoms with van der Waals surface area (Å²) in [7, 11) is 1.51. The zero-order chi connectivity index (χ0) is 54.4. The van der Waals surface area contributed by atoms with E-state index in [9.17, 15) is 20.1 Å². The lowest BCUT2D eigenvalue weighted by Crippen LogP contribution is -2.58. The largest absolute Gasteiger partial charge is 0.483 e. The molecular weight excluding hydrogens is 993 g/mol. The maximum absolute atomic E-state index is 15.7. The fraction of sp³-hybridized carbons (Fsp3) is 0.368. The van der Waals surface area contributed by atoms with Crippen LogP contribution in [0.25, 0.3) is 21.7 Å². The van der Waals surface area contributed by atoms with Gasteiger partial charge in [0, 0.05) is 60.3 Å². The van der Waals surface area contributed by atoms with Crippen molar-refractivity contribution in [2.45, 2.75) is 119 Å². The van der Waals surface area contributed by atoms with Crippen LogP contribution in [0.3, 0.4) is 0 Å². The second-order valence-corrected chi connectivity index (χ2v) is 22.9. The maximum Gasteiger partial charge on any atom is 0.340 e. The first kappa shape index (κ1) is 52.5. The zero-order valence-corrected chi connectivity index (χ0v) is 44.9. The Morgan fingerprint density at radius 3 is 2.35 bits per heavy atom. The highest BCUT2D eigenvalue weighted by Gasteiger charge is 2.58. The minimum absolute atomic E-state index is 0.00768. The number of carbonyl (C=O) groups is 2. The molecule has 8 bridgehead atoms. The van der Waals surface area contributed by atoms with E-state index in [0.29, 0.717) is 54.4 Å². The molecule has 1 aromatic heterocycles. The minimum atomic E-state index is -1.36. The number of rotatable bonds is 10. The molecule has 11 heteroatoms. The van der Waals surface area contributed by atoms with Gasteiger partial charge in [-0.05, 0) is 150 Å². The number of esters is 2. The molecule has 1 saturated carbocycles. The summed E-state index contributed by atoms with van der Waals surface area (Å²) in [6, 6.07) is 43.9. The van der Waals surface area contributed by atoms with E-state index in [1.807, 2.05) is 19.1 Å². The summed E-state index contributed by atoms with van der Waals surface area (Å²) in [5, 5.41) is 35.2. The normalized spacial score (nSPS) is 25.2. The Kier molecular flexibility index (Phi) is 14.7. The highest BCUT2D eigenvalue weighted by Crippen LogP contribution is 2.55. The number of aliphatic hydroxyl groups excluding tert-OH is 3. The number of aryl methyl sites for hydroxylation is 1. The Bertz CT molecular complexity index is 3550. The Morgan fingerprint density at radius 1 is 0.747 bits per heavy atom. The number of carbonyl (C=O) groups excluding carboxylic acids is 2. The zero-order valence-electron chi connectivity index (χ0n) is 44.9. The van der Waals surface area contributed by atoms with E-state index < -0.39 is 54.5 Å². The van der Waals surface area contributed by atoms with Gasteiger partial charge in [0.05, 0.1) is 25.4 Å². The van der Waals surface area contributed by atoms with Crippen LogP contribution in [0.15, 0.2) is 160 Å². The number of hydrogen-bond acceptors (Lipinski definition) is 11. The number of aliphatic hydroxyl groups is 3. The molecular formula is C68H68O11. The standard InChI is InChI=1S/C68H68O11/c1-68-53-23-21-47(34-53)48-20-19-43-11-7-13-49(57(43)35-48)33-52(37-70)55-24-16-40-14-17-44(18-15-40)54-25-22-46(45-12-6-10-42(31-45)30-41-8-4-3-5-9-41)32-51(54)36-60(72)76-64(65(68)78-66(55)73)62-59(79-68)27-26-56-58(38-71)61(67(74)77-63(56)62)50(28-29-69)39-75-2/h3-15,17-20,22,25-27,31,35,46-47,50-51,53-54,64-65,69-71H,16,21,23-24,28-30,32-34,36-39H2,1-2H3. The van der Waals surface area contributed by atoms with Crippen LogP contribution in [-0.4, -0.2) is 65.9 Å². The number of benzene rings is 6. The molecule has 79 heavy (non-hydrogen) atoms. The van der Waals surface area contributed by atoms with Crippen LogP contribution in [0.4, 0.5) is 0 Å². The highest BCUT2D eigenvalue weighted by molar-refractivity contribution is 5.92. The monoisotopic (exact) mass is 1060 g/mol. The molecule has 9 atom stereocenters. The van der Waals surface area contributed by atoms with Crippen LogP contribution in [0.1, 0.15) is 137 Å². The smallest absolute Gasteiger partial charge is 0.340 e. The lowest BCUT2D eigenvalue weighted by atomic mass is 9.72. The van der Waals surface area contributed by atoms with E-state index in [-0.39, 0.29) is 84.3 Å². The van der Waals surface area contributed by atoms with Crippen molar-refractivity contribution in [2.24, 2.45) is 11.8 Å². The molecule has 11 nitrogen and oxygen atoms in total. The van der Waals surface area contributed by atoms with Gasteiger partial charge in [0.2, 0.25) is 0 Å². The van der Waals surface area contributed by atoms with Gasteiger partial charge in [0.15, 0.2) is 12.2 Å². The summed E-state index contributed by atoms with van der Waals surface area (Å²) in [5.74, 6) is -1.92. The molecule has 6 aliphatic rings. The van der Waals surface area contributed by atoms with Crippen molar-refractivity contribution in [3.63, 3.8) is 0 Å². The predicted octanol–water partition coefficient (Wildman–Crippen LogP) is 11.7. The fourth-order valence-corrected chi connectivity index (χ4v) is 14.1. The van der Waals surface area contributed by atoms with Gasteiger partial charge in [0.25, 0.3) is 0 Å². The van der Waals surface area contributed by atoms with Crippen LogP contribution >= 0.6 is 0 Å². The molecule has 13 rings (SSSR count). The van der Waals surface area contributed by atoms with Gasteiger partial charge in [-0.2, -0.15) is 0 Å². The summed E-state index contributed by atoms with van der Waals surface area (Å²) >= 11 is 0. The Hall–Kier alpha value is -7.15. The molecule has 2 aliphatic carbocycles. The van der Waals surface area contributed by atoms with Gasteiger partial charge >= 0.3 is 17.6 Å². The molecule has 7 aromatic rings. The Balaban J connectivity index is 1.03. The number of ether oxygens (including phenoxy) is 4. The predicted molar refractivity (Wildman–Crippen MR) is 302 cm³/mol. The third-order valence-corrected chi connectivity index (χ3v) is 18.3. The Morgan fingerprint density at radius 2 is 1.56 bits per heavy atom. The lowest BCUT2D eigenvalue weighted by molar-refractivity contribution is -0.199. The molecule has 3 N–H and O–H groups in total. The number of fused-ring (bicyclic) bond motifs is 13.